The molecule has 4 rings (SSSR count). The summed E-state index contributed by atoms with van der Waals surface area (Å²) in [5.41, 5.74) is 4.37. The quantitative estimate of drug-likeness (QED) is 0.0826. The summed E-state index contributed by atoms with van der Waals surface area (Å²) >= 11 is 11.8. The van der Waals surface area contributed by atoms with E-state index in [1.807, 2.05) is 19.1 Å². The maximum Gasteiger partial charge on any atom is 0.343 e. The molecule has 0 heterocycles. The minimum absolute atomic E-state index is 0.0326. The Hall–Kier alpha value is -4.99. The molecule has 0 bridgehead atoms. The molecule has 0 radical (unpaired) electrons. The van der Waals surface area contributed by atoms with Gasteiger partial charge in [-0.15, -0.1) is 0 Å². The number of carbonyl (C=O) groups excluding carboxylic acids is 4. The van der Waals surface area contributed by atoms with Gasteiger partial charge in [0.1, 0.15) is 11.5 Å². The number of anilines is 1. The van der Waals surface area contributed by atoms with E-state index in [-0.39, 0.29) is 28.2 Å². The number of aryl methyl sites for hydroxylation is 1. The average Bonchev–Trinajstić information content (AvgIpc) is 2.99. The number of hydrazone groups is 1. The highest BCUT2D eigenvalue weighted by Crippen LogP contribution is 2.26. The number of carbonyl (C=O) groups is 4. The van der Waals surface area contributed by atoms with Gasteiger partial charge in [-0.05, 0) is 84.8 Å². The molecular formula is C31H23Cl2N3O6. The van der Waals surface area contributed by atoms with Crippen molar-refractivity contribution in [3.8, 4) is 11.5 Å². The topological polar surface area (TPSA) is 123 Å². The standard InChI is InChI=1S/C31H23Cl2N3O6/c1-2-19-3-14-25(15-4-19)35-28(37)29(38)36-34-18-22-9-16-26(41-30(39)20-5-10-23(32)11-6-20)17-27(22)42-31(40)21-7-12-24(33)13-8-21/h3-18H,2H2,1H3,(H,35,37)(H,36,38). The van der Waals surface area contributed by atoms with E-state index in [0.717, 1.165) is 12.0 Å². The van der Waals surface area contributed by atoms with Crippen LogP contribution in [0.4, 0.5) is 5.69 Å². The number of esters is 2. The van der Waals surface area contributed by atoms with E-state index in [4.69, 9.17) is 32.7 Å². The zero-order chi connectivity index (χ0) is 30.1. The molecule has 0 fully saturated rings. The zero-order valence-electron chi connectivity index (χ0n) is 22.1. The molecular weight excluding hydrogens is 581 g/mol. The van der Waals surface area contributed by atoms with Gasteiger partial charge < -0.3 is 14.8 Å². The number of nitrogens with zero attached hydrogens (tertiary/aromatic N) is 1. The van der Waals surface area contributed by atoms with Gasteiger partial charge in [0.25, 0.3) is 0 Å². The summed E-state index contributed by atoms with van der Waals surface area (Å²) in [5.74, 6) is -3.28. The number of halogens is 2. The third-order valence-corrected chi connectivity index (χ3v) is 6.26. The van der Waals surface area contributed by atoms with Crippen LogP contribution in [0, 0.1) is 0 Å². The fraction of sp³-hybridized carbons (Fsp3) is 0.0645. The molecule has 0 saturated carbocycles. The molecule has 0 aliphatic carbocycles. The van der Waals surface area contributed by atoms with Crippen LogP contribution in [-0.4, -0.2) is 30.0 Å². The number of amides is 2. The molecule has 0 aromatic heterocycles. The Labute approximate surface area is 251 Å². The first-order valence-corrected chi connectivity index (χ1v) is 13.3. The van der Waals surface area contributed by atoms with E-state index in [0.29, 0.717) is 15.7 Å². The van der Waals surface area contributed by atoms with Crippen molar-refractivity contribution >= 4 is 58.9 Å². The van der Waals surface area contributed by atoms with E-state index in [1.165, 1.54) is 60.8 Å². The first-order valence-electron chi connectivity index (χ1n) is 12.5. The van der Waals surface area contributed by atoms with Crippen molar-refractivity contribution in [2.75, 3.05) is 5.32 Å². The molecule has 11 heteroatoms. The second-order valence-corrected chi connectivity index (χ2v) is 9.57. The lowest BCUT2D eigenvalue weighted by Crippen LogP contribution is -2.32. The van der Waals surface area contributed by atoms with Crippen molar-refractivity contribution in [1.82, 2.24) is 5.43 Å². The fourth-order valence-corrected chi connectivity index (χ4v) is 3.74. The van der Waals surface area contributed by atoms with Crippen molar-refractivity contribution < 1.29 is 28.7 Å². The smallest absolute Gasteiger partial charge is 0.343 e. The van der Waals surface area contributed by atoms with E-state index >= 15 is 0 Å². The maximum atomic E-state index is 12.8. The van der Waals surface area contributed by atoms with Gasteiger partial charge >= 0.3 is 23.8 Å². The third-order valence-electron chi connectivity index (χ3n) is 5.75. The Morgan fingerprint density at radius 3 is 1.88 bits per heavy atom. The number of benzene rings is 4. The van der Waals surface area contributed by atoms with E-state index < -0.39 is 23.8 Å². The van der Waals surface area contributed by atoms with Crippen LogP contribution >= 0.6 is 23.2 Å². The lowest BCUT2D eigenvalue weighted by molar-refractivity contribution is -0.136. The summed E-state index contributed by atoms with van der Waals surface area (Å²) in [5, 5.41) is 7.20. The predicted molar refractivity (Wildman–Crippen MR) is 159 cm³/mol. The number of rotatable bonds is 8. The molecule has 2 amide bonds. The third kappa shape index (κ3) is 8.26. The SMILES string of the molecule is CCc1ccc(NC(=O)C(=O)NN=Cc2ccc(OC(=O)c3ccc(Cl)cc3)cc2OC(=O)c2ccc(Cl)cc2)cc1. The highest BCUT2D eigenvalue weighted by molar-refractivity contribution is 6.39. The minimum Gasteiger partial charge on any atom is -0.423 e. The molecule has 212 valence electrons. The largest absolute Gasteiger partial charge is 0.423 e. The van der Waals surface area contributed by atoms with Crippen LogP contribution in [0.2, 0.25) is 10.0 Å². The first kappa shape index (κ1) is 30.0. The first-order chi connectivity index (χ1) is 20.2. The van der Waals surface area contributed by atoms with Crippen molar-refractivity contribution in [2.24, 2.45) is 5.10 Å². The molecule has 0 saturated heterocycles. The Bertz CT molecular complexity index is 1640. The van der Waals surface area contributed by atoms with Gasteiger partial charge in [-0.3, -0.25) is 9.59 Å². The van der Waals surface area contributed by atoms with Crippen LogP contribution < -0.4 is 20.2 Å². The molecule has 9 nitrogen and oxygen atoms in total. The monoisotopic (exact) mass is 603 g/mol. The Balaban J connectivity index is 1.49. The molecule has 4 aromatic carbocycles. The molecule has 42 heavy (non-hydrogen) atoms. The minimum atomic E-state index is -1.01. The van der Waals surface area contributed by atoms with E-state index in [9.17, 15) is 19.2 Å². The normalized spacial score (nSPS) is 10.6. The van der Waals surface area contributed by atoms with Crippen molar-refractivity contribution in [1.29, 1.82) is 0 Å². The van der Waals surface area contributed by atoms with Crippen molar-refractivity contribution in [3.05, 3.63) is 123 Å². The van der Waals surface area contributed by atoms with Crippen LogP contribution in [0.3, 0.4) is 0 Å². The number of hydrogen-bond donors (Lipinski definition) is 2. The number of nitrogens with one attached hydrogen (secondary N) is 2. The predicted octanol–water partition coefficient (Wildman–Crippen LogP) is 6.08. The Morgan fingerprint density at radius 1 is 0.738 bits per heavy atom. The molecule has 0 aliphatic heterocycles. The average molecular weight is 604 g/mol. The fourth-order valence-electron chi connectivity index (χ4n) is 3.49. The highest BCUT2D eigenvalue weighted by Gasteiger charge is 2.16. The molecule has 0 spiro atoms. The van der Waals surface area contributed by atoms with Crippen LogP contribution in [0.1, 0.15) is 38.8 Å². The zero-order valence-corrected chi connectivity index (χ0v) is 23.6. The van der Waals surface area contributed by atoms with Gasteiger partial charge in [-0.1, -0.05) is 42.3 Å². The van der Waals surface area contributed by atoms with Crippen LogP contribution in [0.15, 0.2) is 96.1 Å². The van der Waals surface area contributed by atoms with E-state index in [2.05, 4.69) is 15.8 Å². The maximum absolute atomic E-state index is 12.8. The van der Waals surface area contributed by atoms with E-state index in [1.54, 1.807) is 24.3 Å². The van der Waals surface area contributed by atoms with Crippen molar-refractivity contribution in [2.45, 2.75) is 13.3 Å². The summed E-state index contributed by atoms with van der Waals surface area (Å²) in [6.45, 7) is 2.00. The van der Waals surface area contributed by atoms with Gasteiger partial charge in [-0.2, -0.15) is 5.10 Å². The van der Waals surface area contributed by atoms with Crippen molar-refractivity contribution in [3.63, 3.8) is 0 Å². The van der Waals surface area contributed by atoms with Gasteiger partial charge in [0.15, 0.2) is 0 Å². The summed E-state index contributed by atoms with van der Waals surface area (Å²) in [4.78, 5) is 49.9. The lowest BCUT2D eigenvalue weighted by atomic mass is 10.1. The number of ether oxygens (including phenoxy) is 2. The second-order valence-electron chi connectivity index (χ2n) is 8.70. The molecule has 0 aliphatic rings. The lowest BCUT2D eigenvalue weighted by Gasteiger charge is -2.11. The number of hydrogen-bond acceptors (Lipinski definition) is 7. The second kappa shape index (κ2) is 14.1. The molecule has 0 atom stereocenters. The Kier molecular flexibility index (Phi) is 10.0. The Morgan fingerprint density at radius 2 is 1.31 bits per heavy atom. The molecule has 4 aromatic rings. The van der Waals surface area contributed by atoms with Crippen LogP contribution in [-0.2, 0) is 16.0 Å². The highest BCUT2D eigenvalue weighted by atomic mass is 35.5. The van der Waals surface area contributed by atoms with Gasteiger partial charge in [0.05, 0.1) is 17.3 Å². The molecule has 2 N–H and O–H groups in total. The molecule has 0 unspecified atom stereocenters. The van der Waals surface area contributed by atoms with Crippen LogP contribution in [0.5, 0.6) is 11.5 Å². The van der Waals surface area contributed by atoms with Gasteiger partial charge in [0.2, 0.25) is 0 Å². The summed E-state index contributed by atoms with van der Waals surface area (Å²) < 4.78 is 11.0. The van der Waals surface area contributed by atoms with Gasteiger partial charge in [0, 0.05) is 27.4 Å². The van der Waals surface area contributed by atoms with Crippen LogP contribution in [0.25, 0.3) is 0 Å². The summed E-state index contributed by atoms with van der Waals surface area (Å²) in [6.07, 6.45) is 2.02. The summed E-state index contributed by atoms with van der Waals surface area (Å²) in [6, 6.07) is 23.4. The van der Waals surface area contributed by atoms with Gasteiger partial charge in [-0.25, -0.2) is 15.0 Å². The summed E-state index contributed by atoms with van der Waals surface area (Å²) in [7, 11) is 0.